The molecular weight excluding hydrogens is 1840 g/mol. The SMILES string of the molecule is O=C(O)CCOCCOCCOCCOCCNC(=O)[C@H](CCCCNC(=O)[C@H](CCCCNC(=O)CCSC(c1ccccc1)(c1ccccc1)c1ccccc1)NC(=O)CCSC(c1ccccc1)(c1ccccc1)c1ccccc1)NC(=O)[C@H](CCCCNC(=O)CCSC(c1ccccc1)(c1ccccc1)c1ccccc1)NC(=O)CCSC(c1ccccc1)(c1ccccc1)c1ccccc1. The number of aliphatic carboxylic acids is 1. The van der Waals surface area contributed by atoms with E-state index >= 15 is 4.79 Å². The molecule has 0 saturated carbocycles. The summed E-state index contributed by atoms with van der Waals surface area (Å²) in [6.45, 7) is 2.62. The molecule has 0 aliphatic carbocycles. The minimum Gasteiger partial charge on any atom is -0.481 e. The number of hydrogen-bond acceptors (Lipinski definition) is 16. The molecule has 8 N–H and O–H groups in total. The third kappa shape index (κ3) is 32.3. The molecule has 0 heterocycles. The van der Waals surface area contributed by atoms with Gasteiger partial charge in [0.15, 0.2) is 0 Å². The average Bonchev–Trinajstić information content (AvgIpc) is 0.772. The van der Waals surface area contributed by atoms with Gasteiger partial charge < -0.3 is 61.3 Å². The number of carbonyl (C=O) groups excluding carboxylic acids is 7. The number of carbonyl (C=O) groups is 8. The minimum absolute atomic E-state index is 0.0293. The van der Waals surface area contributed by atoms with E-state index in [1.54, 1.807) is 47.0 Å². The highest BCUT2D eigenvalue weighted by Crippen LogP contribution is 2.53. The molecule has 0 fully saturated rings. The van der Waals surface area contributed by atoms with Crippen LogP contribution >= 0.6 is 47.0 Å². The summed E-state index contributed by atoms with van der Waals surface area (Å²) in [5.41, 5.74) is 12.8. The van der Waals surface area contributed by atoms with Gasteiger partial charge >= 0.3 is 5.97 Å². The van der Waals surface area contributed by atoms with Gasteiger partial charge in [0.2, 0.25) is 41.4 Å². The fourth-order valence-corrected chi connectivity index (χ4v) is 23.6. The van der Waals surface area contributed by atoms with Crippen LogP contribution in [0.2, 0.25) is 0 Å². The van der Waals surface area contributed by atoms with Gasteiger partial charge in [-0.05, 0) is 125 Å². The minimum atomic E-state index is -1.13. The van der Waals surface area contributed by atoms with Crippen LogP contribution in [0.1, 0.15) is 157 Å². The number of hydrogen-bond donors (Lipinski definition) is 8. The predicted molar refractivity (Wildman–Crippen MR) is 570 cm³/mol. The molecular formula is C117H131N7O13S4. The Balaban J connectivity index is 0.725. The van der Waals surface area contributed by atoms with E-state index in [2.05, 4.69) is 183 Å². The third-order valence-electron chi connectivity index (χ3n) is 24.5. The van der Waals surface area contributed by atoms with Gasteiger partial charge in [-0.15, -0.1) is 47.0 Å². The van der Waals surface area contributed by atoms with Crippen molar-refractivity contribution in [1.82, 2.24) is 37.2 Å². The maximum Gasteiger partial charge on any atom is 0.305 e. The summed E-state index contributed by atoms with van der Waals surface area (Å²) in [6.07, 6.45) is 3.66. The number of carboxylic acid groups (broad SMARTS) is 1. The van der Waals surface area contributed by atoms with Crippen molar-refractivity contribution < 1.29 is 62.4 Å². The topological polar surface area (TPSA) is 278 Å². The summed E-state index contributed by atoms with van der Waals surface area (Å²) in [5.74, 6) is -1.53. The molecule has 0 spiro atoms. The van der Waals surface area contributed by atoms with E-state index in [0.717, 1.165) is 66.8 Å². The zero-order valence-electron chi connectivity index (χ0n) is 80.1. The van der Waals surface area contributed by atoms with E-state index in [-0.39, 0.29) is 141 Å². The summed E-state index contributed by atoms with van der Waals surface area (Å²) in [7, 11) is 0. The Kier molecular flexibility index (Phi) is 45.3. The van der Waals surface area contributed by atoms with Crippen molar-refractivity contribution in [3.05, 3.63) is 431 Å². The molecule has 0 radical (unpaired) electrons. The second-order valence-corrected chi connectivity index (χ2v) is 39.4. The van der Waals surface area contributed by atoms with Crippen LogP contribution < -0.4 is 37.2 Å². The Morgan fingerprint density at radius 1 is 0.220 bits per heavy atom. The van der Waals surface area contributed by atoms with Crippen molar-refractivity contribution in [1.29, 1.82) is 0 Å². The van der Waals surface area contributed by atoms with Crippen LogP contribution in [0.5, 0.6) is 0 Å². The van der Waals surface area contributed by atoms with E-state index in [4.69, 9.17) is 24.1 Å². The lowest BCUT2D eigenvalue weighted by atomic mass is 9.84. The second-order valence-electron chi connectivity index (χ2n) is 34.2. The van der Waals surface area contributed by atoms with Crippen LogP contribution in [0.3, 0.4) is 0 Å². The highest BCUT2D eigenvalue weighted by molar-refractivity contribution is 8.01. The molecule has 0 aliphatic heterocycles. The first-order chi connectivity index (χ1) is 69.2. The summed E-state index contributed by atoms with van der Waals surface area (Å²) in [4.78, 5) is 113. The van der Waals surface area contributed by atoms with Gasteiger partial charge in [0.1, 0.15) is 18.1 Å². The number of rotatable bonds is 64. The van der Waals surface area contributed by atoms with Gasteiger partial charge in [-0.2, -0.15) is 0 Å². The molecule has 0 bridgehead atoms. The number of thioether (sulfide) groups is 4. The molecule has 736 valence electrons. The van der Waals surface area contributed by atoms with E-state index in [9.17, 15) is 33.6 Å². The predicted octanol–water partition coefficient (Wildman–Crippen LogP) is 19.4. The molecule has 24 heteroatoms. The van der Waals surface area contributed by atoms with Gasteiger partial charge in [0.05, 0.1) is 78.3 Å². The molecule has 7 amide bonds. The lowest BCUT2D eigenvalue weighted by Gasteiger charge is -2.35. The van der Waals surface area contributed by atoms with E-state index in [1.807, 2.05) is 218 Å². The monoisotopic (exact) mass is 1970 g/mol. The normalized spacial score (nSPS) is 12.2. The van der Waals surface area contributed by atoms with Crippen molar-refractivity contribution in [2.45, 2.75) is 127 Å². The van der Waals surface area contributed by atoms with Crippen molar-refractivity contribution in [3.63, 3.8) is 0 Å². The first kappa shape index (κ1) is 107. The zero-order chi connectivity index (χ0) is 98.5. The zero-order valence-corrected chi connectivity index (χ0v) is 83.3. The molecule has 0 saturated heterocycles. The fraction of sp³-hybridized carbons (Fsp3) is 0.316. The van der Waals surface area contributed by atoms with Gasteiger partial charge in [0, 0.05) is 74.9 Å². The summed E-state index contributed by atoms with van der Waals surface area (Å²) >= 11 is 6.72. The van der Waals surface area contributed by atoms with Gasteiger partial charge in [-0.25, -0.2) is 0 Å². The Bertz CT molecular complexity index is 5290. The first-order valence-corrected chi connectivity index (χ1v) is 52.9. The van der Waals surface area contributed by atoms with Crippen LogP contribution in [0.15, 0.2) is 364 Å². The van der Waals surface area contributed by atoms with Crippen molar-refractivity contribution >= 4 is 94.4 Å². The molecule has 3 atom stereocenters. The summed E-state index contributed by atoms with van der Waals surface area (Å²) < 4.78 is 19.8. The number of unbranched alkanes of at least 4 members (excludes halogenated alkanes) is 3. The van der Waals surface area contributed by atoms with E-state index < -0.39 is 60.8 Å². The van der Waals surface area contributed by atoms with E-state index in [1.165, 1.54) is 0 Å². The smallest absolute Gasteiger partial charge is 0.305 e. The Labute approximate surface area is 847 Å². The number of benzene rings is 12. The van der Waals surface area contributed by atoms with Crippen LogP contribution in [0, 0.1) is 0 Å². The van der Waals surface area contributed by atoms with Crippen LogP contribution in [-0.2, 0) is 76.3 Å². The van der Waals surface area contributed by atoms with Crippen molar-refractivity contribution in [3.8, 4) is 0 Å². The van der Waals surface area contributed by atoms with Gasteiger partial charge in [0.25, 0.3) is 0 Å². The number of ether oxygens (including phenoxy) is 4. The number of carboxylic acids is 1. The lowest BCUT2D eigenvalue weighted by molar-refractivity contribution is -0.138. The average molecular weight is 1970 g/mol. The van der Waals surface area contributed by atoms with Crippen LogP contribution in [0.25, 0.3) is 0 Å². The molecule has 20 nitrogen and oxygen atoms in total. The highest BCUT2D eigenvalue weighted by atomic mass is 32.2. The van der Waals surface area contributed by atoms with Crippen LogP contribution in [-0.4, -0.2) is 173 Å². The Hall–Kier alpha value is -12.4. The highest BCUT2D eigenvalue weighted by Gasteiger charge is 2.42. The quantitative estimate of drug-likeness (QED) is 0.0130. The molecule has 12 aromatic rings. The van der Waals surface area contributed by atoms with E-state index in [0.29, 0.717) is 74.6 Å². The van der Waals surface area contributed by atoms with Crippen molar-refractivity contribution in [2.75, 3.05) is 102 Å². The molecule has 0 unspecified atom stereocenters. The number of nitrogens with one attached hydrogen (secondary N) is 7. The molecule has 0 aromatic heterocycles. The van der Waals surface area contributed by atoms with Crippen LogP contribution in [0.4, 0.5) is 0 Å². The molecule has 12 aromatic carbocycles. The lowest BCUT2D eigenvalue weighted by Crippen LogP contribution is -2.54. The third-order valence-corrected chi connectivity index (χ3v) is 30.7. The molecule has 12 rings (SSSR count). The largest absolute Gasteiger partial charge is 0.481 e. The standard InChI is InChI=1S/C117H131N7O13S4/c125-106(71-87-138-114(91-43-13-1-14-44-91,92-45-15-2-16-46-92)93-47-17-3-18-48-93)118-75-40-37-67-103(122-108(127)73-89-140-116(97-55-25-7-26-56-97,98-57-27-8-28-58-98)99-59-29-9-30-60-99)111(131)120-77-42-39-68-104(112(132)121-78-80-135-82-84-137-86-85-136-83-81-134-79-70-110(129)130)124-113(133)105(123-109(128)74-90-141-117(100-61-31-10-32-62-100,101-63-33-11-34-64-101)102-65-35-12-36-66-102)69-38-41-76-119-107(126)72-88-139-115(94-49-19-4-20-50-94,95-51-21-5-22-52-95)96-53-23-6-24-54-96/h1-36,43-66,103-105H,37-42,67-90H2,(H,118,125)(H,119,126)(H,120,131)(H,121,132)(H,122,127)(H,123,128)(H,124,133)(H,129,130)/t103-,104-,105-/m0/s1. The molecule has 141 heavy (non-hydrogen) atoms. The number of amides is 7. The van der Waals surface area contributed by atoms with Crippen molar-refractivity contribution in [2.24, 2.45) is 0 Å². The Morgan fingerprint density at radius 3 is 0.660 bits per heavy atom. The van der Waals surface area contributed by atoms with Gasteiger partial charge in [-0.3, -0.25) is 38.4 Å². The molecule has 0 aliphatic rings. The maximum absolute atomic E-state index is 15.3. The second kappa shape index (κ2) is 59.4. The maximum atomic E-state index is 15.3. The fourth-order valence-electron chi connectivity index (χ4n) is 17.6. The summed E-state index contributed by atoms with van der Waals surface area (Å²) in [5, 5.41) is 30.5. The summed E-state index contributed by atoms with van der Waals surface area (Å²) in [6, 6.07) is 120. The first-order valence-electron chi connectivity index (χ1n) is 49.0. The van der Waals surface area contributed by atoms with Gasteiger partial charge in [-0.1, -0.05) is 364 Å². The Morgan fingerprint density at radius 2 is 0.418 bits per heavy atom.